The molecule has 25 heavy (non-hydrogen) atoms. The Labute approximate surface area is 143 Å². The number of imide groups is 1. The van der Waals surface area contributed by atoms with E-state index < -0.39 is 24.5 Å². The third-order valence-corrected chi connectivity index (χ3v) is 3.47. The number of urea groups is 1. The summed E-state index contributed by atoms with van der Waals surface area (Å²) in [6.45, 7) is 0.283. The monoisotopic (exact) mass is 344 g/mol. The van der Waals surface area contributed by atoms with Crippen LogP contribution in [0.5, 0.6) is 5.75 Å². The Bertz CT molecular complexity index is 770. The summed E-state index contributed by atoms with van der Waals surface area (Å²) in [5.74, 6) is -0.273. The van der Waals surface area contributed by atoms with E-state index in [9.17, 15) is 14.4 Å². The minimum Gasteiger partial charge on any atom is -0.486 e. The van der Waals surface area contributed by atoms with Gasteiger partial charge in [-0.05, 0) is 24.3 Å². The third-order valence-electron chi connectivity index (χ3n) is 3.47. The van der Waals surface area contributed by atoms with Gasteiger partial charge in [-0.3, -0.25) is 9.69 Å². The Hall–Kier alpha value is -3.29. The molecule has 0 unspecified atom stereocenters. The molecule has 1 aliphatic heterocycles. The standard InChI is InChI=1S/C17H16N2O6/c20-15(19-9-8-18-17(19)22)11-24-16(21)14-7-6-13(25-14)10-23-12-4-2-1-3-5-12/h1-7H,8-11H2,(H,18,22). The van der Waals surface area contributed by atoms with Gasteiger partial charge in [-0.15, -0.1) is 0 Å². The first-order valence-electron chi connectivity index (χ1n) is 7.65. The number of hydrogen-bond donors (Lipinski definition) is 1. The average molecular weight is 344 g/mol. The highest BCUT2D eigenvalue weighted by atomic mass is 16.6. The number of para-hydroxylation sites is 1. The summed E-state index contributed by atoms with van der Waals surface area (Å²) in [4.78, 5) is 36.0. The molecule has 3 rings (SSSR count). The number of nitrogens with one attached hydrogen (secondary N) is 1. The fourth-order valence-electron chi connectivity index (χ4n) is 2.22. The van der Waals surface area contributed by atoms with E-state index in [1.54, 1.807) is 18.2 Å². The molecule has 8 heteroatoms. The van der Waals surface area contributed by atoms with Crippen molar-refractivity contribution in [2.24, 2.45) is 0 Å². The quantitative estimate of drug-likeness (QED) is 0.799. The van der Waals surface area contributed by atoms with Crippen LogP contribution in [0.3, 0.4) is 0 Å². The van der Waals surface area contributed by atoms with Gasteiger partial charge in [0, 0.05) is 13.1 Å². The molecule has 2 aromatic rings. The van der Waals surface area contributed by atoms with Crippen LogP contribution in [-0.2, 0) is 16.1 Å². The summed E-state index contributed by atoms with van der Waals surface area (Å²) >= 11 is 0. The molecule has 8 nitrogen and oxygen atoms in total. The van der Waals surface area contributed by atoms with Crippen molar-refractivity contribution in [2.75, 3.05) is 19.7 Å². The average Bonchev–Trinajstić information content (AvgIpc) is 3.27. The van der Waals surface area contributed by atoms with Crippen LogP contribution < -0.4 is 10.1 Å². The first kappa shape index (κ1) is 16.6. The van der Waals surface area contributed by atoms with Crippen LogP contribution in [0.4, 0.5) is 4.79 Å². The van der Waals surface area contributed by atoms with Gasteiger partial charge in [0.1, 0.15) is 18.1 Å². The Kier molecular flexibility index (Phi) is 4.98. The number of carbonyl (C=O) groups is 3. The van der Waals surface area contributed by atoms with Crippen LogP contribution >= 0.6 is 0 Å². The van der Waals surface area contributed by atoms with Crippen molar-refractivity contribution in [1.29, 1.82) is 0 Å². The number of carbonyl (C=O) groups excluding carboxylic acids is 3. The number of esters is 1. The molecule has 130 valence electrons. The van der Waals surface area contributed by atoms with Gasteiger partial charge < -0.3 is 19.2 Å². The van der Waals surface area contributed by atoms with E-state index in [0.717, 1.165) is 4.90 Å². The maximum atomic E-state index is 11.9. The minimum atomic E-state index is -0.779. The second kappa shape index (κ2) is 7.52. The molecular weight excluding hydrogens is 328 g/mol. The van der Waals surface area contributed by atoms with E-state index in [-0.39, 0.29) is 18.9 Å². The van der Waals surface area contributed by atoms with E-state index in [2.05, 4.69) is 5.32 Å². The van der Waals surface area contributed by atoms with E-state index in [0.29, 0.717) is 18.1 Å². The predicted octanol–water partition coefficient (Wildman–Crippen LogP) is 1.57. The molecule has 1 aromatic carbocycles. The number of ether oxygens (including phenoxy) is 2. The Morgan fingerprint density at radius 3 is 2.68 bits per heavy atom. The van der Waals surface area contributed by atoms with Crippen molar-refractivity contribution >= 4 is 17.9 Å². The van der Waals surface area contributed by atoms with Gasteiger partial charge in [0.15, 0.2) is 6.61 Å². The molecular formula is C17H16N2O6. The molecule has 0 spiro atoms. The van der Waals surface area contributed by atoms with Gasteiger partial charge in [-0.1, -0.05) is 18.2 Å². The predicted molar refractivity (Wildman–Crippen MR) is 84.9 cm³/mol. The lowest BCUT2D eigenvalue weighted by Crippen LogP contribution is -2.37. The van der Waals surface area contributed by atoms with Gasteiger partial charge in [-0.25, -0.2) is 9.59 Å². The molecule has 0 saturated carbocycles. The lowest BCUT2D eigenvalue weighted by atomic mass is 10.3. The Morgan fingerprint density at radius 1 is 1.16 bits per heavy atom. The van der Waals surface area contributed by atoms with Crippen molar-refractivity contribution in [3.63, 3.8) is 0 Å². The highest BCUT2D eigenvalue weighted by Crippen LogP contribution is 2.14. The van der Waals surface area contributed by atoms with Crippen molar-refractivity contribution in [1.82, 2.24) is 10.2 Å². The number of amides is 3. The molecule has 0 bridgehead atoms. The number of benzene rings is 1. The minimum absolute atomic E-state index is 0.0367. The Morgan fingerprint density at radius 2 is 1.96 bits per heavy atom. The maximum Gasteiger partial charge on any atom is 0.374 e. The van der Waals surface area contributed by atoms with Crippen LogP contribution in [0.2, 0.25) is 0 Å². The lowest BCUT2D eigenvalue weighted by Gasteiger charge is -2.11. The molecule has 0 aliphatic carbocycles. The number of hydrogen-bond acceptors (Lipinski definition) is 6. The first-order valence-corrected chi connectivity index (χ1v) is 7.65. The van der Waals surface area contributed by atoms with Gasteiger partial charge in [0.25, 0.3) is 5.91 Å². The van der Waals surface area contributed by atoms with Gasteiger partial charge in [0.05, 0.1) is 0 Å². The molecule has 1 N–H and O–H groups in total. The topological polar surface area (TPSA) is 98.1 Å². The van der Waals surface area contributed by atoms with Crippen LogP contribution in [0.15, 0.2) is 46.9 Å². The summed E-state index contributed by atoms with van der Waals surface area (Å²) in [7, 11) is 0. The molecule has 2 heterocycles. The summed E-state index contributed by atoms with van der Waals surface area (Å²) in [6, 6.07) is 11.7. The van der Waals surface area contributed by atoms with Crippen molar-refractivity contribution in [3.05, 3.63) is 54.0 Å². The van der Waals surface area contributed by atoms with Crippen molar-refractivity contribution in [2.45, 2.75) is 6.61 Å². The fraction of sp³-hybridized carbons (Fsp3) is 0.235. The molecule has 1 fully saturated rings. The van der Waals surface area contributed by atoms with Crippen LogP contribution in [-0.4, -0.2) is 42.5 Å². The zero-order valence-corrected chi connectivity index (χ0v) is 13.3. The zero-order valence-electron chi connectivity index (χ0n) is 13.3. The summed E-state index contributed by atoms with van der Waals surface area (Å²) in [5, 5.41) is 2.49. The smallest absolute Gasteiger partial charge is 0.374 e. The van der Waals surface area contributed by atoms with E-state index >= 15 is 0 Å². The molecule has 3 amide bonds. The van der Waals surface area contributed by atoms with Gasteiger partial charge >= 0.3 is 12.0 Å². The summed E-state index contributed by atoms with van der Waals surface area (Å²) in [6.07, 6.45) is 0. The van der Waals surface area contributed by atoms with E-state index in [4.69, 9.17) is 13.9 Å². The second-order valence-electron chi connectivity index (χ2n) is 5.22. The first-order chi connectivity index (χ1) is 12.1. The SMILES string of the molecule is O=C(OCC(=O)N1CCNC1=O)c1ccc(COc2ccccc2)o1. The lowest BCUT2D eigenvalue weighted by molar-refractivity contribution is -0.130. The van der Waals surface area contributed by atoms with Gasteiger partial charge in [0.2, 0.25) is 5.76 Å². The van der Waals surface area contributed by atoms with Crippen molar-refractivity contribution in [3.8, 4) is 5.75 Å². The van der Waals surface area contributed by atoms with E-state index in [1.165, 1.54) is 6.07 Å². The maximum absolute atomic E-state index is 11.9. The van der Waals surface area contributed by atoms with Gasteiger partial charge in [-0.2, -0.15) is 0 Å². The number of furan rings is 1. The van der Waals surface area contributed by atoms with E-state index in [1.807, 2.05) is 18.2 Å². The third kappa shape index (κ3) is 4.17. The number of nitrogens with zero attached hydrogens (tertiary/aromatic N) is 1. The van der Waals surface area contributed by atoms with Crippen LogP contribution in [0.1, 0.15) is 16.3 Å². The fourth-order valence-corrected chi connectivity index (χ4v) is 2.22. The Balaban J connectivity index is 1.48. The zero-order chi connectivity index (χ0) is 17.6. The molecule has 1 aliphatic rings. The van der Waals surface area contributed by atoms with Crippen LogP contribution in [0.25, 0.3) is 0 Å². The molecule has 1 saturated heterocycles. The highest BCUT2D eigenvalue weighted by molar-refractivity contribution is 5.97. The summed E-state index contributed by atoms with van der Waals surface area (Å²) in [5.41, 5.74) is 0. The molecule has 0 radical (unpaired) electrons. The largest absolute Gasteiger partial charge is 0.486 e. The second-order valence-corrected chi connectivity index (χ2v) is 5.22. The number of rotatable bonds is 6. The van der Waals surface area contributed by atoms with Crippen LogP contribution in [0, 0.1) is 0 Å². The molecule has 0 atom stereocenters. The normalized spacial score (nSPS) is 13.4. The summed E-state index contributed by atoms with van der Waals surface area (Å²) < 4.78 is 15.7. The van der Waals surface area contributed by atoms with Crippen molar-refractivity contribution < 1.29 is 28.3 Å². The molecule has 1 aromatic heterocycles. The highest BCUT2D eigenvalue weighted by Gasteiger charge is 2.27.